The first-order valence-corrected chi connectivity index (χ1v) is 7.54. The molecule has 1 spiro atoms. The third kappa shape index (κ3) is 3.02. The number of likely N-dealkylation sites (tertiary alicyclic amines) is 1. The normalized spacial score (nSPS) is 22.9. The Kier molecular flexibility index (Phi) is 4.05. The summed E-state index contributed by atoms with van der Waals surface area (Å²) in [5, 5.41) is 4.32. The molecule has 0 unspecified atom stereocenters. The highest BCUT2D eigenvalue weighted by atomic mass is 16.7. The molecule has 3 heterocycles. The van der Waals surface area contributed by atoms with Gasteiger partial charge in [-0.1, -0.05) is 13.8 Å². The lowest BCUT2D eigenvalue weighted by molar-refractivity contribution is -0.186. The second-order valence-corrected chi connectivity index (χ2v) is 6.14. The topological polar surface area (TPSA) is 52.4 Å². The molecule has 3 rings (SSSR count). The maximum Gasteiger partial charge on any atom is 0.170 e. The molecule has 2 aliphatic rings. The average Bonchev–Trinajstić information content (AvgIpc) is 3.03. The molecule has 6 heteroatoms. The lowest BCUT2D eigenvalue weighted by atomic mass is 10.0. The molecule has 0 aliphatic carbocycles. The molecule has 2 aliphatic heterocycles. The van der Waals surface area contributed by atoms with Crippen LogP contribution < -0.4 is 0 Å². The van der Waals surface area contributed by atoms with E-state index in [1.165, 1.54) is 0 Å². The van der Waals surface area contributed by atoms with E-state index in [0.29, 0.717) is 5.92 Å². The zero-order chi connectivity index (χ0) is 14.0. The summed E-state index contributed by atoms with van der Waals surface area (Å²) in [6.45, 7) is 9.66. The van der Waals surface area contributed by atoms with Gasteiger partial charge in [-0.15, -0.1) is 0 Å². The monoisotopic (exact) mass is 280 g/mol. The number of nitrogens with zero attached hydrogens (tertiary/aromatic N) is 4. The molecule has 20 heavy (non-hydrogen) atoms. The Hall–Kier alpha value is -0.980. The summed E-state index contributed by atoms with van der Waals surface area (Å²) in [6, 6.07) is 0. The van der Waals surface area contributed by atoms with Gasteiger partial charge < -0.3 is 9.47 Å². The van der Waals surface area contributed by atoms with Crippen LogP contribution in [0.4, 0.5) is 0 Å². The first-order valence-electron chi connectivity index (χ1n) is 7.54. The van der Waals surface area contributed by atoms with Gasteiger partial charge in [0, 0.05) is 32.5 Å². The Morgan fingerprint density at radius 3 is 2.60 bits per heavy atom. The Bertz CT molecular complexity index is 430. The van der Waals surface area contributed by atoms with E-state index in [4.69, 9.17) is 9.47 Å². The van der Waals surface area contributed by atoms with Crippen molar-refractivity contribution >= 4 is 0 Å². The summed E-state index contributed by atoms with van der Waals surface area (Å²) in [6.07, 6.45) is 3.56. The molecule has 0 bridgehead atoms. The van der Waals surface area contributed by atoms with E-state index in [0.717, 1.165) is 58.1 Å². The van der Waals surface area contributed by atoms with Crippen molar-refractivity contribution in [3.63, 3.8) is 0 Å². The molecule has 0 atom stereocenters. The molecule has 0 N–H and O–H groups in total. The van der Waals surface area contributed by atoms with Gasteiger partial charge in [0.25, 0.3) is 0 Å². The van der Waals surface area contributed by atoms with Crippen molar-refractivity contribution in [3.8, 4) is 0 Å². The van der Waals surface area contributed by atoms with Gasteiger partial charge in [-0.25, -0.2) is 9.67 Å². The highest BCUT2D eigenvalue weighted by molar-refractivity contribution is 4.89. The molecule has 2 saturated heterocycles. The van der Waals surface area contributed by atoms with E-state index in [1.807, 2.05) is 4.68 Å². The van der Waals surface area contributed by atoms with E-state index in [-0.39, 0.29) is 5.79 Å². The van der Waals surface area contributed by atoms with Crippen molar-refractivity contribution in [1.82, 2.24) is 19.7 Å². The summed E-state index contributed by atoms with van der Waals surface area (Å²) < 4.78 is 13.5. The second kappa shape index (κ2) is 5.79. The van der Waals surface area contributed by atoms with Crippen molar-refractivity contribution in [2.45, 2.75) is 45.6 Å². The first kappa shape index (κ1) is 14.0. The lowest BCUT2D eigenvalue weighted by Crippen LogP contribution is -2.45. The summed E-state index contributed by atoms with van der Waals surface area (Å²) in [4.78, 5) is 6.81. The van der Waals surface area contributed by atoms with E-state index in [1.54, 1.807) is 6.33 Å². The SMILES string of the molecule is CC(C)Cn1ncnc1CN1CCC2(CC1)OCCO2. The molecule has 1 aromatic heterocycles. The standard InChI is InChI=1S/C14H24N4O2/c1-12(2)9-18-13(15-11-16-18)10-17-5-3-14(4-6-17)19-7-8-20-14/h11-12H,3-10H2,1-2H3. The van der Waals surface area contributed by atoms with Crippen LogP contribution in [-0.4, -0.2) is 51.8 Å². The maximum atomic E-state index is 5.76. The largest absolute Gasteiger partial charge is 0.347 e. The van der Waals surface area contributed by atoms with Crippen LogP contribution >= 0.6 is 0 Å². The molecule has 0 saturated carbocycles. The van der Waals surface area contributed by atoms with Crippen LogP contribution in [0.3, 0.4) is 0 Å². The van der Waals surface area contributed by atoms with Crippen LogP contribution in [0.25, 0.3) is 0 Å². The third-order valence-electron chi connectivity index (χ3n) is 4.03. The van der Waals surface area contributed by atoms with Crippen LogP contribution in [-0.2, 0) is 22.6 Å². The molecule has 6 nitrogen and oxygen atoms in total. The van der Waals surface area contributed by atoms with Crippen molar-refractivity contribution in [3.05, 3.63) is 12.2 Å². The predicted octanol–water partition coefficient (Wildman–Crippen LogP) is 1.27. The van der Waals surface area contributed by atoms with Crippen LogP contribution in [0.2, 0.25) is 0 Å². The molecule has 112 valence electrons. The fraction of sp³-hybridized carbons (Fsp3) is 0.857. The van der Waals surface area contributed by atoms with Crippen LogP contribution in [0.15, 0.2) is 6.33 Å². The highest BCUT2D eigenvalue weighted by Crippen LogP contribution is 2.31. The fourth-order valence-corrected chi connectivity index (χ4v) is 2.95. The third-order valence-corrected chi connectivity index (χ3v) is 4.03. The number of aromatic nitrogens is 3. The van der Waals surface area contributed by atoms with Crippen LogP contribution in [0.1, 0.15) is 32.5 Å². The maximum absolute atomic E-state index is 5.76. The Morgan fingerprint density at radius 2 is 1.95 bits per heavy atom. The second-order valence-electron chi connectivity index (χ2n) is 6.14. The van der Waals surface area contributed by atoms with E-state index < -0.39 is 0 Å². The van der Waals surface area contributed by atoms with Gasteiger partial charge in [0.1, 0.15) is 12.2 Å². The van der Waals surface area contributed by atoms with Gasteiger partial charge in [-0.2, -0.15) is 5.10 Å². The van der Waals surface area contributed by atoms with Crippen molar-refractivity contribution < 1.29 is 9.47 Å². The zero-order valence-electron chi connectivity index (χ0n) is 12.4. The minimum Gasteiger partial charge on any atom is -0.347 e. The van der Waals surface area contributed by atoms with Crippen molar-refractivity contribution in [1.29, 1.82) is 0 Å². The fourth-order valence-electron chi connectivity index (χ4n) is 2.95. The summed E-state index contributed by atoms with van der Waals surface area (Å²) >= 11 is 0. The quantitative estimate of drug-likeness (QED) is 0.831. The average molecular weight is 280 g/mol. The zero-order valence-corrected chi connectivity index (χ0v) is 12.4. The molecule has 0 amide bonds. The Balaban J connectivity index is 1.55. The van der Waals surface area contributed by atoms with Crippen molar-refractivity contribution in [2.75, 3.05) is 26.3 Å². The highest BCUT2D eigenvalue weighted by Gasteiger charge is 2.39. The van der Waals surface area contributed by atoms with Gasteiger partial charge in [0.15, 0.2) is 5.79 Å². The number of piperidine rings is 1. The van der Waals surface area contributed by atoms with Gasteiger partial charge in [-0.05, 0) is 5.92 Å². The van der Waals surface area contributed by atoms with Gasteiger partial charge in [0.05, 0.1) is 19.8 Å². The number of hydrogen-bond donors (Lipinski definition) is 0. The first-order chi connectivity index (χ1) is 9.67. The molecule has 2 fully saturated rings. The van der Waals surface area contributed by atoms with Gasteiger partial charge in [-0.3, -0.25) is 4.90 Å². The predicted molar refractivity (Wildman–Crippen MR) is 74.0 cm³/mol. The van der Waals surface area contributed by atoms with Gasteiger partial charge >= 0.3 is 0 Å². The number of ether oxygens (including phenoxy) is 2. The summed E-state index contributed by atoms with van der Waals surface area (Å²) in [5.41, 5.74) is 0. The Morgan fingerprint density at radius 1 is 1.25 bits per heavy atom. The smallest absolute Gasteiger partial charge is 0.170 e. The van der Waals surface area contributed by atoms with E-state index >= 15 is 0 Å². The summed E-state index contributed by atoms with van der Waals surface area (Å²) in [7, 11) is 0. The minimum atomic E-state index is -0.290. The number of hydrogen-bond acceptors (Lipinski definition) is 5. The van der Waals surface area contributed by atoms with Crippen LogP contribution in [0, 0.1) is 5.92 Å². The molecule has 0 aromatic carbocycles. The van der Waals surface area contributed by atoms with E-state index in [9.17, 15) is 0 Å². The number of rotatable bonds is 4. The molecule has 1 aromatic rings. The van der Waals surface area contributed by atoms with E-state index in [2.05, 4.69) is 28.8 Å². The van der Waals surface area contributed by atoms with Gasteiger partial charge in [0.2, 0.25) is 0 Å². The molecular weight excluding hydrogens is 256 g/mol. The van der Waals surface area contributed by atoms with Crippen molar-refractivity contribution in [2.24, 2.45) is 5.92 Å². The minimum absolute atomic E-state index is 0.290. The lowest BCUT2D eigenvalue weighted by Gasteiger charge is -2.37. The molecular formula is C14H24N4O2. The van der Waals surface area contributed by atoms with Crippen LogP contribution in [0.5, 0.6) is 0 Å². The molecule has 0 radical (unpaired) electrons. The summed E-state index contributed by atoms with van der Waals surface area (Å²) in [5.74, 6) is 1.35. The Labute approximate surface area is 120 Å².